The fourth-order valence-electron chi connectivity index (χ4n) is 1.78. The van der Waals surface area contributed by atoms with Crippen LogP contribution < -0.4 is 9.75 Å². The average Bonchev–Trinajstić information content (AvgIpc) is 2.70. The number of benzene rings is 1. The summed E-state index contributed by atoms with van der Waals surface area (Å²) in [7, 11) is 3.32. The third-order valence-electron chi connectivity index (χ3n) is 2.75. The summed E-state index contributed by atoms with van der Waals surface area (Å²) < 4.78 is 5.24. The van der Waals surface area contributed by atoms with Crippen molar-refractivity contribution in [2.24, 2.45) is 10.4 Å². The van der Waals surface area contributed by atoms with Crippen LogP contribution in [0.4, 0.5) is 5.69 Å². The van der Waals surface area contributed by atoms with Crippen molar-refractivity contribution in [3.05, 3.63) is 23.8 Å². The van der Waals surface area contributed by atoms with Crippen LogP contribution in [0.5, 0.6) is 5.75 Å². The lowest BCUT2D eigenvalue weighted by Gasteiger charge is -2.22. The maximum atomic E-state index is 11.0. The van der Waals surface area contributed by atoms with E-state index < -0.39 is 6.17 Å². The monoisotopic (exact) mass is 234 g/mol. The molecule has 0 aliphatic carbocycles. The molecule has 0 radical (unpaired) electrons. The average molecular weight is 234 g/mol. The molecule has 0 spiro atoms. The summed E-state index contributed by atoms with van der Waals surface area (Å²) in [5.41, 5.74) is 1.74. The van der Waals surface area contributed by atoms with Crippen LogP contribution in [0.1, 0.15) is 5.56 Å². The SMILES string of the molecule is COc1cccc(N2N=NN(C)C2C=O)c1C. The Morgan fingerprint density at radius 2 is 2.18 bits per heavy atom. The molecule has 6 heteroatoms. The topological polar surface area (TPSA) is 57.5 Å². The lowest BCUT2D eigenvalue weighted by molar-refractivity contribution is -0.111. The molecule has 0 amide bonds. The highest BCUT2D eigenvalue weighted by Crippen LogP contribution is 2.31. The Balaban J connectivity index is 2.41. The summed E-state index contributed by atoms with van der Waals surface area (Å²) in [6, 6.07) is 5.61. The molecular formula is C11H14N4O2. The van der Waals surface area contributed by atoms with Gasteiger partial charge in [0, 0.05) is 12.6 Å². The molecule has 1 unspecified atom stereocenters. The van der Waals surface area contributed by atoms with E-state index in [9.17, 15) is 4.79 Å². The lowest BCUT2D eigenvalue weighted by Crippen LogP contribution is -2.38. The summed E-state index contributed by atoms with van der Waals surface area (Å²) in [5.74, 6) is 0.761. The van der Waals surface area contributed by atoms with Gasteiger partial charge in [0.25, 0.3) is 0 Å². The Morgan fingerprint density at radius 1 is 1.41 bits per heavy atom. The molecule has 1 heterocycles. The van der Waals surface area contributed by atoms with Gasteiger partial charge >= 0.3 is 0 Å². The standard InChI is InChI=1S/C11H14N4O2/c1-8-9(5-4-6-10(8)17-3)15-11(7-16)14(2)12-13-15/h4-7,11H,1-3H3. The van der Waals surface area contributed by atoms with Crippen molar-refractivity contribution in [2.45, 2.75) is 13.1 Å². The van der Waals surface area contributed by atoms with Crippen LogP contribution in [0, 0.1) is 6.92 Å². The third-order valence-corrected chi connectivity index (χ3v) is 2.75. The van der Waals surface area contributed by atoms with Gasteiger partial charge in [-0.15, -0.1) is 0 Å². The first-order chi connectivity index (χ1) is 8.19. The van der Waals surface area contributed by atoms with Crippen molar-refractivity contribution in [1.29, 1.82) is 0 Å². The smallest absolute Gasteiger partial charge is 0.197 e. The molecule has 0 saturated carbocycles. The predicted molar refractivity (Wildman–Crippen MR) is 62.7 cm³/mol. The molecule has 1 aromatic rings. The van der Waals surface area contributed by atoms with Crippen molar-refractivity contribution in [3.8, 4) is 5.75 Å². The first-order valence-electron chi connectivity index (χ1n) is 5.21. The van der Waals surface area contributed by atoms with Crippen molar-refractivity contribution >= 4 is 12.0 Å². The third kappa shape index (κ3) is 1.82. The van der Waals surface area contributed by atoms with Crippen LogP contribution in [0.3, 0.4) is 0 Å². The first kappa shape index (κ1) is 11.4. The van der Waals surface area contributed by atoms with Gasteiger partial charge in [0.1, 0.15) is 5.75 Å². The molecule has 17 heavy (non-hydrogen) atoms. The number of aldehydes is 1. The number of rotatable bonds is 3. The zero-order chi connectivity index (χ0) is 12.4. The van der Waals surface area contributed by atoms with Crippen LogP contribution >= 0.6 is 0 Å². The van der Waals surface area contributed by atoms with E-state index in [1.54, 1.807) is 19.2 Å². The zero-order valence-corrected chi connectivity index (χ0v) is 9.99. The summed E-state index contributed by atoms with van der Waals surface area (Å²) in [6.45, 7) is 1.92. The molecule has 1 aliphatic heterocycles. The molecule has 0 saturated heterocycles. The van der Waals surface area contributed by atoms with Gasteiger partial charge in [-0.25, -0.2) is 10.0 Å². The van der Waals surface area contributed by atoms with E-state index in [0.29, 0.717) is 0 Å². The van der Waals surface area contributed by atoms with E-state index in [-0.39, 0.29) is 0 Å². The molecule has 0 bridgehead atoms. The van der Waals surface area contributed by atoms with Gasteiger partial charge in [0.05, 0.1) is 12.8 Å². The van der Waals surface area contributed by atoms with Crippen molar-refractivity contribution in [1.82, 2.24) is 5.01 Å². The van der Waals surface area contributed by atoms with E-state index >= 15 is 0 Å². The minimum absolute atomic E-state index is 0.499. The Bertz CT molecular complexity index is 461. The Kier molecular flexibility index (Phi) is 2.95. The number of anilines is 1. The zero-order valence-electron chi connectivity index (χ0n) is 9.99. The summed E-state index contributed by atoms with van der Waals surface area (Å²) in [4.78, 5) is 11.0. The van der Waals surface area contributed by atoms with Gasteiger partial charge < -0.3 is 4.74 Å². The molecule has 0 fully saturated rings. The Labute approximate surface area is 99.4 Å². The Hall–Kier alpha value is -2.11. The fourth-order valence-corrected chi connectivity index (χ4v) is 1.78. The molecule has 6 nitrogen and oxygen atoms in total. The minimum atomic E-state index is -0.499. The summed E-state index contributed by atoms with van der Waals surface area (Å²) >= 11 is 0. The maximum absolute atomic E-state index is 11.0. The highest BCUT2D eigenvalue weighted by atomic mass is 16.5. The highest BCUT2D eigenvalue weighted by molar-refractivity contribution is 5.68. The molecule has 1 aromatic carbocycles. The van der Waals surface area contributed by atoms with Crippen molar-refractivity contribution in [2.75, 3.05) is 19.2 Å². The molecule has 1 aliphatic rings. The van der Waals surface area contributed by atoms with Gasteiger partial charge in [0.15, 0.2) is 12.5 Å². The Morgan fingerprint density at radius 3 is 2.82 bits per heavy atom. The van der Waals surface area contributed by atoms with E-state index in [1.165, 1.54) is 5.01 Å². The van der Waals surface area contributed by atoms with Crippen LogP contribution in [0.25, 0.3) is 0 Å². The number of ether oxygens (including phenoxy) is 1. The van der Waals surface area contributed by atoms with Crippen LogP contribution in [-0.4, -0.2) is 31.6 Å². The quantitative estimate of drug-likeness (QED) is 0.745. The summed E-state index contributed by atoms with van der Waals surface area (Å²) in [6.07, 6.45) is 0.305. The van der Waals surface area contributed by atoms with E-state index in [0.717, 1.165) is 23.3 Å². The fraction of sp³-hybridized carbons (Fsp3) is 0.364. The summed E-state index contributed by atoms with van der Waals surface area (Å²) in [5, 5.41) is 10.9. The highest BCUT2D eigenvalue weighted by Gasteiger charge is 2.29. The molecular weight excluding hydrogens is 220 g/mol. The first-order valence-corrected chi connectivity index (χ1v) is 5.21. The molecule has 90 valence electrons. The number of carbonyl (C=O) groups excluding carboxylic acids is 1. The normalized spacial score (nSPS) is 18.6. The number of nitrogens with zero attached hydrogens (tertiary/aromatic N) is 4. The number of hydrogen-bond donors (Lipinski definition) is 0. The van der Waals surface area contributed by atoms with Crippen LogP contribution in [0.2, 0.25) is 0 Å². The lowest BCUT2D eigenvalue weighted by atomic mass is 10.1. The van der Waals surface area contributed by atoms with Gasteiger partial charge in [-0.1, -0.05) is 11.3 Å². The van der Waals surface area contributed by atoms with E-state index in [1.807, 2.05) is 25.1 Å². The molecule has 2 rings (SSSR count). The van der Waals surface area contributed by atoms with Gasteiger partial charge in [-0.3, -0.25) is 4.79 Å². The second kappa shape index (κ2) is 4.40. The number of methoxy groups -OCH3 is 1. The van der Waals surface area contributed by atoms with Crippen molar-refractivity contribution in [3.63, 3.8) is 0 Å². The van der Waals surface area contributed by atoms with E-state index in [2.05, 4.69) is 10.4 Å². The van der Waals surface area contributed by atoms with Gasteiger partial charge in [-0.2, -0.15) is 0 Å². The van der Waals surface area contributed by atoms with Gasteiger partial charge in [-0.05, 0) is 24.3 Å². The minimum Gasteiger partial charge on any atom is -0.496 e. The van der Waals surface area contributed by atoms with E-state index in [4.69, 9.17) is 4.74 Å². The second-order valence-corrected chi connectivity index (χ2v) is 3.75. The van der Waals surface area contributed by atoms with Gasteiger partial charge in [0.2, 0.25) is 0 Å². The second-order valence-electron chi connectivity index (χ2n) is 3.75. The number of likely N-dealkylation sites (N-methyl/N-ethyl adjacent to an activating group) is 1. The van der Waals surface area contributed by atoms with Crippen LogP contribution in [0.15, 0.2) is 28.6 Å². The predicted octanol–water partition coefficient (Wildman–Crippen LogP) is 1.56. The largest absolute Gasteiger partial charge is 0.496 e. The van der Waals surface area contributed by atoms with Crippen molar-refractivity contribution < 1.29 is 9.53 Å². The molecule has 0 aromatic heterocycles. The maximum Gasteiger partial charge on any atom is 0.197 e. The number of carbonyl (C=O) groups is 1. The van der Waals surface area contributed by atoms with Crippen LogP contribution in [-0.2, 0) is 4.79 Å². The molecule has 1 atom stereocenters. The molecule has 0 N–H and O–H groups in total. The number of hydrogen-bond acceptors (Lipinski definition) is 6.